The van der Waals surface area contributed by atoms with Crippen LogP contribution in [0.3, 0.4) is 0 Å². The minimum atomic E-state index is -0.379. The monoisotopic (exact) mass is 228 g/mol. The Morgan fingerprint density at radius 3 is 2.44 bits per heavy atom. The fraction of sp³-hybridized carbons (Fsp3) is 0.917. The lowest BCUT2D eigenvalue weighted by Gasteiger charge is -2.30. The molecule has 0 aromatic rings. The van der Waals surface area contributed by atoms with Gasteiger partial charge >= 0.3 is 0 Å². The number of hydrogen-bond acceptors (Lipinski definition) is 3. The number of likely N-dealkylation sites (tertiary alicyclic amines) is 1. The smallest absolute Gasteiger partial charge is 0.251 e. The largest absolute Gasteiger partial charge is 0.367 e. The van der Waals surface area contributed by atoms with E-state index in [1.807, 2.05) is 25.7 Å². The lowest BCUT2D eigenvalue weighted by Crippen LogP contribution is -2.45. The molecule has 0 aromatic heterocycles. The topological polar surface area (TPSA) is 55.6 Å². The second-order valence-electron chi connectivity index (χ2n) is 5.33. The summed E-state index contributed by atoms with van der Waals surface area (Å²) in [6.45, 7) is 7.75. The predicted octanol–water partition coefficient (Wildman–Crippen LogP) is 1.14. The van der Waals surface area contributed by atoms with Gasteiger partial charge in [0.25, 0.3) is 5.91 Å². The van der Waals surface area contributed by atoms with Crippen molar-refractivity contribution < 1.29 is 9.53 Å². The molecule has 1 aliphatic heterocycles. The number of hydrogen-bond donors (Lipinski definition) is 1. The Labute approximate surface area is 98.1 Å². The lowest BCUT2D eigenvalue weighted by molar-refractivity contribution is -0.144. The average molecular weight is 228 g/mol. The van der Waals surface area contributed by atoms with E-state index in [0.717, 1.165) is 25.9 Å². The summed E-state index contributed by atoms with van der Waals surface area (Å²) in [6.07, 6.45) is 3.08. The summed E-state index contributed by atoms with van der Waals surface area (Å²) in [5, 5.41) is 0. The maximum absolute atomic E-state index is 12.0. The van der Waals surface area contributed by atoms with Crippen molar-refractivity contribution >= 4 is 5.91 Å². The van der Waals surface area contributed by atoms with Crippen molar-refractivity contribution in [3.63, 3.8) is 0 Å². The Kier molecular flexibility index (Phi) is 4.74. The van der Waals surface area contributed by atoms with E-state index in [-0.39, 0.29) is 17.6 Å². The quantitative estimate of drug-likeness (QED) is 0.785. The number of ether oxygens (including phenoxy) is 1. The molecule has 4 nitrogen and oxygen atoms in total. The van der Waals surface area contributed by atoms with E-state index >= 15 is 0 Å². The molecule has 1 saturated heterocycles. The van der Waals surface area contributed by atoms with Gasteiger partial charge in [-0.1, -0.05) is 0 Å². The highest BCUT2D eigenvalue weighted by molar-refractivity contribution is 5.80. The molecule has 1 heterocycles. The van der Waals surface area contributed by atoms with E-state index in [0.29, 0.717) is 6.61 Å². The molecule has 0 aromatic carbocycles. The number of carbonyl (C=O) groups is 1. The summed E-state index contributed by atoms with van der Waals surface area (Å²) >= 11 is 0. The average Bonchev–Trinajstić information content (AvgIpc) is 2.25. The highest BCUT2D eigenvalue weighted by Gasteiger charge is 2.24. The van der Waals surface area contributed by atoms with Crippen molar-refractivity contribution in [1.82, 2.24) is 4.90 Å². The van der Waals surface area contributed by atoms with Gasteiger partial charge in [-0.2, -0.15) is 0 Å². The standard InChI is InChI=1S/C12H24N2O2/c1-10(16-9-12(2,3)13)11(15)14-7-5-4-6-8-14/h10H,4-9,13H2,1-3H3. The molecule has 1 amide bonds. The molecule has 1 unspecified atom stereocenters. The van der Waals surface area contributed by atoms with Gasteiger partial charge in [0, 0.05) is 18.6 Å². The van der Waals surface area contributed by atoms with Gasteiger partial charge in [-0.15, -0.1) is 0 Å². The molecule has 2 N–H and O–H groups in total. The van der Waals surface area contributed by atoms with Crippen LogP contribution in [-0.4, -0.2) is 42.1 Å². The van der Waals surface area contributed by atoms with Crippen LogP contribution in [0, 0.1) is 0 Å². The van der Waals surface area contributed by atoms with Gasteiger partial charge < -0.3 is 15.4 Å². The van der Waals surface area contributed by atoms with Crippen LogP contribution < -0.4 is 5.73 Å². The molecular formula is C12H24N2O2. The van der Waals surface area contributed by atoms with Crippen LogP contribution in [-0.2, 0) is 9.53 Å². The number of amides is 1. The first-order chi connectivity index (χ1) is 7.40. The fourth-order valence-corrected chi connectivity index (χ4v) is 1.78. The Bertz CT molecular complexity index is 230. The summed E-state index contributed by atoms with van der Waals surface area (Å²) in [6, 6.07) is 0. The number of nitrogens with zero attached hydrogens (tertiary/aromatic N) is 1. The maximum Gasteiger partial charge on any atom is 0.251 e. The number of nitrogens with two attached hydrogens (primary N) is 1. The summed E-state index contributed by atoms with van der Waals surface area (Å²) in [5.74, 6) is 0.101. The number of carbonyl (C=O) groups excluding carboxylic acids is 1. The number of rotatable bonds is 4. The third kappa shape index (κ3) is 4.49. The fourth-order valence-electron chi connectivity index (χ4n) is 1.78. The molecule has 16 heavy (non-hydrogen) atoms. The van der Waals surface area contributed by atoms with Gasteiger partial charge in [-0.3, -0.25) is 4.79 Å². The second-order valence-corrected chi connectivity index (χ2v) is 5.33. The lowest BCUT2D eigenvalue weighted by atomic mass is 10.1. The first-order valence-corrected chi connectivity index (χ1v) is 6.09. The van der Waals surface area contributed by atoms with Crippen LogP contribution in [0.1, 0.15) is 40.0 Å². The van der Waals surface area contributed by atoms with E-state index in [1.54, 1.807) is 0 Å². The molecule has 1 fully saturated rings. The Morgan fingerprint density at radius 2 is 1.94 bits per heavy atom. The van der Waals surface area contributed by atoms with E-state index in [1.165, 1.54) is 6.42 Å². The highest BCUT2D eigenvalue weighted by Crippen LogP contribution is 2.11. The Morgan fingerprint density at radius 1 is 1.38 bits per heavy atom. The van der Waals surface area contributed by atoms with Crippen molar-refractivity contribution in [2.45, 2.75) is 51.7 Å². The minimum Gasteiger partial charge on any atom is -0.367 e. The molecule has 1 rings (SSSR count). The number of piperidine rings is 1. The second kappa shape index (κ2) is 5.64. The van der Waals surface area contributed by atoms with Crippen molar-refractivity contribution in [1.29, 1.82) is 0 Å². The minimum absolute atomic E-state index is 0.101. The van der Waals surface area contributed by atoms with Crippen molar-refractivity contribution in [2.24, 2.45) is 5.73 Å². The van der Waals surface area contributed by atoms with E-state index < -0.39 is 0 Å². The molecule has 0 radical (unpaired) electrons. The summed E-state index contributed by atoms with van der Waals surface area (Å²) in [7, 11) is 0. The summed E-state index contributed by atoms with van der Waals surface area (Å²) in [4.78, 5) is 13.9. The molecule has 1 aliphatic rings. The van der Waals surface area contributed by atoms with E-state index in [9.17, 15) is 4.79 Å². The van der Waals surface area contributed by atoms with Crippen LogP contribution in [0.15, 0.2) is 0 Å². The van der Waals surface area contributed by atoms with Crippen LogP contribution in [0.4, 0.5) is 0 Å². The normalized spacial score (nSPS) is 19.6. The molecule has 0 saturated carbocycles. The molecule has 0 aliphatic carbocycles. The van der Waals surface area contributed by atoms with E-state index in [4.69, 9.17) is 10.5 Å². The zero-order valence-electron chi connectivity index (χ0n) is 10.7. The predicted molar refractivity (Wildman–Crippen MR) is 64.1 cm³/mol. The van der Waals surface area contributed by atoms with Gasteiger partial charge in [0.1, 0.15) is 6.10 Å². The van der Waals surface area contributed by atoms with Crippen LogP contribution in [0.5, 0.6) is 0 Å². The molecule has 94 valence electrons. The van der Waals surface area contributed by atoms with Gasteiger partial charge in [0.15, 0.2) is 0 Å². The Balaban J connectivity index is 2.34. The van der Waals surface area contributed by atoms with E-state index in [2.05, 4.69) is 0 Å². The highest BCUT2D eigenvalue weighted by atomic mass is 16.5. The molecule has 1 atom stereocenters. The van der Waals surface area contributed by atoms with Crippen LogP contribution in [0.2, 0.25) is 0 Å². The van der Waals surface area contributed by atoms with Crippen molar-refractivity contribution in [3.8, 4) is 0 Å². The molecule has 4 heteroatoms. The SMILES string of the molecule is CC(OCC(C)(C)N)C(=O)N1CCCCC1. The third-order valence-corrected chi connectivity index (χ3v) is 2.72. The first-order valence-electron chi connectivity index (χ1n) is 6.09. The third-order valence-electron chi connectivity index (χ3n) is 2.72. The van der Waals surface area contributed by atoms with Gasteiger partial charge in [0.2, 0.25) is 0 Å². The van der Waals surface area contributed by atoms with Gasteiger partial charge in [-0.05, 0) is 40.0 Å². The van der Waals surface area contributed by atoms with Crippen LogP contribution >= 0.6 is 0 Å². The first kappa shape index (κ1) is 13.5. The zero-order chi connectivity index (χ0) is 12.2. The Hall–Kier alpha value is -0.610. The summed E-state index contributed by atoms with van der Waals surface area (Å²) in [5.41, 5.74) is 5.43. The van der Waals surface area contributed by atoms with Crippen LogP contribution in [0.25, 0.3) is 0 Å². The van der Waals surface area contributed by atoms with Gasteiger partial charge in [-0.25, -0.2) is 0 Å². The molecule has 0 bridgehead atoms. The van der Waals surface area contributed by atoms with Crippen molar-refractivity contribution in [2.75, 3.05) is 19.7 Å². The zero-order valence-corrected chi connectivity index (χ0v) is 10.7. The van der Waals surface area contributed by atoms with Crippen molar-refractivity contribution in [3.05, 3.63) is 0 Å². The molecule has 0 spiro atoms. The maximum atomic E-state index is 12.0. The van der Waals surface area contributed by atoms with Gasteiger partial charge in [0.05, 0.1) is 6.61 Å². The molecular weight excluding hydrogens is 204 g/mol. The summed E-state index contributed by atoms with van der Waals surface area (Å²) < 4.78 is 5.51.